The Morgan fingerprint density at radius 1 is 1.30 bits per heavy atom. The molecule has 0 amide bonds. The van der Waals surface area contributed by atoms with E-state index in [1.165, 1.54) is 24.1 Å². The summed E-state index contributed by atoms with van der Waals surface area (Å²) in [5.41, 5.74) is 0.840. The van der Waals surface area contributed by atoms with E-state index >= 15 is 0 Å². The van der Waals surface area contributed by atoms with Gasteiger partial charge < -0.3 is 0 Å². The topological polar surface area (TPSA) is 29.4 Å². The van der Waals surface area contributed by atoms with Gasteiger partial charge in [0.05, 0.1) is 5.71 Å². The summed E-state index contributed by atoms with van der Waals surface area (Å²) in [5, 5.41) is 0. The molecule has 0 spiro atoms. The summed E-state index contributed by atoms with van der Waals surface area (Å²) in [7, 11) is 0. The predicted molar refractivity (Wildman–Crippen MR) is 44.2 cm³/mol. The quantitative estimate of drug-likeness (QED) is 0.421. The Morgan fingerprint density at radius 2 is 1.90 bits per heavy atom. The first-order valence-corrected chi connectivity index (χ1v) is 4.02. The minimum atomic E-state index is 0.0278. The van der Waals surface area contributed by atoms with Gasteiger partial charge in [-0.3, -0.25) is 4.79 Å². The van der Waals surface area contributed by atoms with Crippen LogP contribution in [-0.4, -0.2) is 17.8 Å². The fraction of sp³-hybridized carbons (Fsp3) is 0.143. The maximum Gasteiger partial charge on any atom is 0.178 e. The summed E-state index contributed by atoms with van der Waals surface area (Å²) in [6, 6.07) is 0. The molecule has 0 aromatic carbocycles. The highest BCUT2D eigenvalue weighted by Crippen LogP contribution is 2.01. The van der Waals surface area contributed by atoms with Crippen molar-refractivity contribution in [3.8, 4) is 0 Å². The van der Waals surface area contributed by atoms with Crippen molar-refractivity contribution in [3.05, 3.63) is 24.3 Å². The molecule has 0 atom stereocenters. The smallest absolute Gasteiger partial charge is 0.178 e. The molecule has 0 radical (unpaired) electrons. The van der Waals surface area contributed by atoms with Crippen molar-refractivity contribution >= 4 is 23.4 Å². The van der Waals surface area contributed by atoms with Crippen molar-refractivity contribution in [2.24, 2.45) is 4.40 Å². The SMILES string of the molecule is CSN=C1C=CC(=O)C=C1. The molecule has 0 aromatic rings. The Balaban J connectivity index is 2.71. The van der Waals surface area contributed by atoms with Crippen molar-refractivity contribution in [1.82, 2.24) is 0 Å². The van der Waals surface area contributed by atoms with Gasteiger partial charge in [-0.2, -0.15) is 0 Å². The van der Waals surface area contributed by atoms with Crippen LogP contribution in [0.5, 0.6) is 0 Å². The number of carbonyl (C=O) groups excluding carboxylic acids is 1. The van der Waals surface area contributed by atoms with Crippen LogP contribution in [0.25, 0.3) is 0 Å². The van der Waals surface area contributed by atoms with Gasteiger partial charge in [0, 0.05) is 6.26 Å². The predicted octanol–water partition coefficient (Wildman–Crippen LogP) is 1.40. The zero-order chi connectivity index (χ0) is 7.40. The van der Waals surface area contributed by atoms with Gasteiger partial charge in [-0.1, -0.05) is 0 Å². The molecule has 0 heterocycles. The van der Waals surface area contributed by atoms with Gasteiger partial charge in [-0.05, 0) is 36.3 Å². The van der Waals surface area contributed by atoms with Gasteiger partial charge in [-0.15, -0.1) is 0 Å². The van der Waals surface area contributed by atoms with Crippen molar-refractivity contribution in [2.45, 2.75) is 0 Å². The number of rotatable bonds is 1. The number of carbonyl (C=O) groups is 1. The van der Waals surface area contributed by atoms with Crippen LogP contribution in [0.2, 0.25) is 0 Å². The molecule has 0 bridgehead atoms. The lowest BCUT2D eigenvalue weighted by molar-refractivity contribution is -0.110. The van der Waals surface area contributed by atoms with Crippen LogP contribution in [0.15, 0.2) is 28.7 Å². The van der Waals surface area contributed by atoms with Crippen molar-refractivity contribution in [2.75, 3.05) is 6.26 Å². The lowest BCUT2D eigenvalue weighted by atomic mass is 10.2. The minimum Gasteiger partial charge on any atom is -0.290 e. The number of nitrogens with zero attached hydrogens (tertiary/aromatic N) is 1. The normalized spacial score (nSPS) is 16.1. The highest BCUT2D eigenvalue weighted by atomic mass is 32.2. The summed E-state index contributed by atoms with van der Waals surface area (Å²) in [6.45, 7) is 0. The number of hydrogen-bond donors (Lipinski definition) is 0. The van der Waals surface area contributed by atoms with E-state index in [1.807, 2.05) is 6.26 Å². The zero-order valence-corrected chi connectivity index (χ0v) is 6.39. The zero-order valence-electron chi connectivity index (χ0n) is 5.57. The summed E-state index contributed by atoms with van der Waals surface area (Å²) in [6.07, 6.45) is 8.31. The molecule has 52 valence electrons. The van der Waals surface area contributed by atoms with Crippen molar-refractivity contribution in [3.63, 3.8) is 0 Å². The van der Waals surface area contributed by atoms with E-state index in [0.29, 0.717) is 0 Å². The lowest BCUT2D eigenvalue weighted by Crippen LogP contribution is -1.97. The monoisotopic (exact) mass is 153 g/mol. The molecule has 1 rings (SSSR count). The third-order valence-corrected chi connectivity index (χ3v) is 1.43. The fourth-order valence-corrected chi connectivity index (χ4v) is 0.945. The molecular weight excluding hydrogens is 146 g/mol. The molecule has 1 aliphatic carbocycles. The Bertz CT molecular complexity index is 210. The van der Waals surface area contributed by atoms with Crippen LogP contribution in [0.3, 0.4) is 0 Å². The van der Waals surface area contributed by atoms with E-state index < -0.39 is 0 Å². The molecule has 0 fully saturated rings. The standard InChI is InChI=1S/C7H7NOS/c1-10-8-6-2-4-7(9)5-3-6/h2-5H,1H3. The first-order valence-electron chi connectivity index (χ1n) is 2.84. The van der Waals surface area contributed by atoms with Crippen LogP contribution in [0.4, 0.5) is 0 Å². The lowest BCUT2D eigenvalue weighted by Gasteiger charge is -1.94. The molecular formula is C7H7NOS. The van der Waals surface area contributed by atoms with E-state index in [0.717, 1.165) is 5.71 Å². The molecule has 3 heteroatoms. The van der Waals surface area contributed by atoms with Gasteiger partial charge >= 0.3 is 0 Å². The molecule has 0 aliphatic heterocycles. The van der Waals surface area contributed by atoms with Crippen molar-refractivity contribution < 1.29 is 4.79 Å². The Labute approximate surface area is 63.9 Å². The second-order valence-corrected chi connectivity index (χ2v) is 2.32. The van der Waals surface area contributed by atoms with Crippen molar-refractivity contribution in [1.29, 1.82) is 0 Å². The van der Waals surface area contributed by atoms with Crippen LogP contribution in [0, 0.1) is 0 Å². The summed E-state index contributed by atoms with van der Waals surface area (Å²) in [4.78, 5) is 10.6. The van der Waals surface area contributed by atoms with Gasteiger partial charge in [-0.25, -0.2) is 4.40 Å². The number of allylic oxidation sites excluding steroid dienone is 4. The number of hydrogen-bond acceptors (Lipinski definition) is 3. The van der Waals surface area contributed by atoms with Gasteiger partial charge in [0.15, 0.2) is 5.78 Å². The highest BCUT2D eigenvalue weighted by molar-refractivity contribution is 7.97. The Kier molecular flexibility index (Phi) is 2.45. The average Bonchev–Trinajstić information content (AvgIpc) is 1.95. The van der Waals surface area contributed by atoms with E-state index in [2.05, 4.69) is 4.40 Å². The Morgan fingerprint density at radius 3 is 2.40 bits per heavy atom. The first kappa shape index (κ1) is 7.28. The van der Waals surface area contributed by atoms with Gasteiger partial charge in [0.1, 0.15) is 0 Å². The van der Waals surface area contributed by atoms with E-state index in [4.69, 9.17) is 0 Å². The maximum absolute atomic E-state index is 10.6. The Hall–Kier alpha value is -0.830. The molecule has 0 aromatic heterocycles. The van der Waals surface area contributed by atoms with Crippen LogP contribution >= 0.6 is 11.9 Å². The summed E-state index contributed by atoms with van der Waals surface area (Å²) < 4.78 is 4.03. The molecule has 10 heavy (non-hydrogen) atoms. The van der Waals surface area contributed by atoms with E-state index in [-0.39, 0.29) is 5.78 Å². The number of ketones is 1. The fourth-order valence-electron chi connectivity index (χ4n) is 0.612. The molecule has 0 saturated heterocycles. The summed E-state index contributed by atoms with van der Waals surface area (Å²) >= 11 is 1.38. The third kappa shape index (κ3) is 1.84. The highest BCUT2D eigenvalue weighted by Gasteiger charge is 1.97. The van der Waals surface area contributed by atoms with Crippen LogP contribution in [0.1, 0.15) is 0 Å². The van der Waals surface area contributed by atoms with E-state index in [1.54, 1.807) is 12.2 Å². The van der Waals surface area contributed by atoms with Crippen LogP contribution < -0.4 is 0 Å². The largest absolute Gasteiger partial charge is 0.290 e. The molecule has 0 saturated carbocycles. The summed E-state index contributed by atoms with van der Waals surface area (Å²) in [5.74, 6) is 0.0278. The van der Waals surface area contributed by atoms with Gasteiger partial charge in [0.2, 0.25) is 0 Å². The van der Waals surface area contributed by atoms with Gasteiger partial charge in [0.25, 0.3) is 0 Å². The minimum absolute atomic E-state index is 0.0278. The van der Waals surface area contributed by atoms with E-state index in [9.17, 15) is 4.79 Å². The second kappa shape index (κ2) is 3.37. The second-order valence-electron chi connectivity index (χ2n) is 1.77. The maximum atomic E-state index is 10.6. The third-order valence-electron chi connectivity index (χ3n) is 1.03. The molecule has 0 N–H and O–H groups in total. The van der Waals surface area contributed by atoms with Crippen LogP contribution in [-0.2, 0) is 4.79 Å². The average molecular weight is 153 g/mol. The molecule has 1 aliphatic rings. The molecule has 0 unspecified atom stereocenters. The molecule has 2 nitrogen and oxygen atoms in total. The first-order chi connectivity index (χ1) is 4.83.